The minimum atomic E-state index is -0.125. The third kappa shape index (κ3) is 49.2. The standard InChI is InChI=1S/C44H88O10/c1-3-5-7-9-11-13-15-16-17-18-20-22-24-26-44(45)54-43-42-53-41-40-52-39-38-51-37-36-50-35-34-49-33-32-48-31-30-47-29-28-46-27-25-23-21-19-14-12-10-8-6-4-2/h3-43H2,1-2H3. The quantitative estimate of drug-likeness (QED) is 0.0439. The SMILES string of the molecule is CCCCCCCCCCCCCCCC(=O)OCCOCCOCCOCCOCCOCCOCCOCCOCCCCCCCCCCCC. The Kier molecular flexibility index (Phi) is 49.4. The highest BCUT2D eigenvalue weighted by atomic mass is 16.6. The molecule has 0 N–H and O–H groups in total. The lowest BCUT2D eigenvalue weighted by Crippen LogP contribution is -2.15. The van der Waals surface area contributed by atoms with Crippen LogP contribution in [0.1, 0.15) is 168 Å². The highest BCUT2D eigenvalue weighted by molar-refractivity contribution is 5.69. The number of rotatable bonds is 49. The molecule has 0 aromatic heterocycles. The van der Waals surface area contributed by atoms with E-state index >= 15 is 0 Å². The van der Waals surface area contributed by atoms with E-state index < -0.39 is 0 Å². The van der Waals surface area contributed by atoms with Crippen molar-refractivity contribution in [2.45, 2.75) is 168 Å². The molecule has 0 aliphatic heterocycles. The maximum Gasteiger partial charge on any atom is 0.305 e. The van der Waals surface area contributed by atoms with Crippen LogP contribution < -0.4 is 0 Å². The molecule has 0 atom stereocenters. The van der Waals surface area contributed by atoms with Gasteiger partial charge >= 0.3 is 5.97 Å². The van der Waals surface area contributed by atoms with Crippen molar-refractivity contribution >= 4 is 5.97 Å². The van der Waals surface area contributed by atoms with Crippen LogP contribution in [0.5, 0.6) is 0 Å². The van der Waals surface area contributed by atoms with Crippen molar-refractivity contribution in [3.63, 3.8) is 0 Å². The zero-order valence-electron chi connectivity index (χ0n) is 35.6. The van der Waals surface area contributed by atoms with E-state index in [0.29, 0.717) is 112 Å². The summed E-state index contributed by atoms with van der Waals surface area (Å²) >= 11 is 0. The number of hydrogen-bond donors (Lipinski definition) is 0. The van der Waals surface area contributed by atoms with Gasteiger partial charge in [0.2, 0.25) is 0 Å². The molecule has 0 aliphatic carbocycles. The van der Waals surface area contributed by atoms with Gasteiger partial charge in [-0.1, -0.05) is 149 Å². The first-order valence-electron chi connectivity index (χ1n) is 22.6. The lowest BCUT2D eigenvalue weighted by Gasteiger charge is -2.09. The molecular weight excluding hydrogens is 688 g/mol. The van der Waals surface area contributed by atoms with Crippen molar-refractivity contribution in [2.75, 3.05) is 112 Å². The predicted molar refractivity (Wildman–Crippen MR) is 220 cm³/mol. The molecule has 0 aromatic rings. The number of carbonyl (C=O) groups is 1. The van der Waals surface area contributed by atoms with E-state index in [9.17, 15) is 4.79 Å². The normalized spacial score (nSPS) is 11.5. The minimum Gasteiger partial charge on any atom is -0.463 e. The fourth-order valence-corrected chi connectivity index (χ4v) is 5.91. The fraction of sp³-hybridized carbons (Fsp3) is 0.977. The Morgan fingerprint density at radius 2 is 0.481 bits per heavy atom. The highest BCUT2D eigenvalue weighted by Crippen LogP contribution is 2.13. The van der Waals surface area contributed by atoms with Gasteiger partial charge in [0, 0.05) is 13.0 Å². The maximum atomic E-state index is 11.9. The molecule has 0 heterocycles. The van der Waals surface area contributed by atoms with Crippen LogP contribution in [0.2, 0.25) is 0 Å². The van der Waals surface area contributed by atoms with Crippen LogP contribution in [-0.2, 0) is 47.4 Å². The Morgan fingerprint density at radius 3 is 0.778 bits per heavy atom. The van der Waals surface area contributed by atoms with Gasteiger partial charge in [0.1, 0.15) is 6.61 Å². The number of ether oxygens (including phenoxy) is 9. The van der Waals surface area contributed by atoms with Crippen molar-refractivity contribution in [3.8, 4) is 0 Å². The molecule has 0 radical (unpaired) electrons. The van der Waals surface area contributed by atoms with Crippen LogP contribution in [-0.4, -0.2) is 118 Å². The molecule has 324 valence electrons. The minimum absolute atomic E-state index is 0.125. The van der Waals surface area contributed by atoms with Crippen molar-refractivity contribution in [3.05, 3.63) is 0 Å². The number of esters is 1. The maximum absolute atomic E-state index is 11.9. The third-order valence-corrected chi connectivity index (χ3v) is 9.22. The first-order valence-corrected chi connectivity index (χ1v) is 22.6. The topological polar surface area (TPSA) is 100 Å². The summed E-state index contributed by atoms with van der Waals surface area (Å²) in [6, 6.07) is 0. The van der Waals surface area contributed by atoms with Gasteiger partial charge < -0.3 is 42.6 Å². The van der Waals surface area contributed by atoms with E-state index in [0.717, 1.165) is 25.9 Å². The summed E-state index contributed by atoms with van der Waals surface area (Å²) in [5.74, 6) is -0.125. The van der Waals surface area contributed by atoms with Crippen LogP contribution in [0.4, 0.5) is 0 Å². The average molecular weight is 777 g/mol. The smallest absolute Gasteiger partial charge is 0.305 e. The Morgan fingerprint density at radius 1 is 0.259 bits per heavy atom. The Hall–Kier alpha value is -0.850. The molecule has 0 aromatic carbocycles. The van der Waals surface area contributed by atoms with Gasteiger partial charge in [-0.05, 0) is 12.8 Å². The highest BCUT2D eigenvalue weighted by Gasteiger charge is 2.03. The van der Waals surface area contributed by atoms with Crippen LogP contribution in [0.15, 0.2) is 0 Å². The van der Waals surface area contributed by atoms with Gasteiger partial charge in [0.25, 0.3) is 0 Å². The fourth-order valence-electron chi connectivity index (χ4n) is 5.91. The van der Waals surface area contributed by atoms with Gasteiger partial charge in [-0.3, -0.25) is 4.79 Å². The van der Waals surface area contributed by atoms with E-state index in [-0.39, 0.29) is 5.97 Å². The van der Waals surface area contributed by atoms with Gasteiger partial charge in [0.05, 0.1) is 99.1 Å². The summed E-state index contributed by atoms with van der Waals surface area (Å²) in [4.78, 5) is 11.9. The van der Waals surface area contributed by atoms with Crippen molar-refractivity contribution in [2.24, 2.45) is 0 Å². The molecule has 0 amide bonds. The molecule has 10 heteroatoms. The van der Waals surface area contributed by atoms with Crippen LogP contribution >= 0.6 is 0 Å². The summed E-state index contributed by atoms with van der Waals surface area (Å²) < 4.78 is 49.6. The second kappa shape index (κ2) is 50.2. The molecule has 0 rings (SSSR count). The summed E-state index contributed by atoms with van der Waals surface area (Å²) in [5.41, 5.74) is 0. The molecule has 54 heavy (non-hydrogen) atoms. The molecule has 0 saturated heterocycles. The second-order valence-electron chi connectivity index (χ2n) is 14.3. The monoisotopic (exact) mass is 777 g/mol. The largest absolute Gasteiger partial charge is 0.463 e. The zero-order chi connectivity index (χ0) is 38.9. The molecule has 0 fully saturated rings. The molecule has 0 aliphatic rings. The summed E-state index contributed by atoms with van der Waals surface area (Å²) in [6.07, 6.45) is 30.8. The molecule has 10 nitrogen and oxygen atoms in total. The number of hydrogen-bond acceptors (Lipinski definition) is 10. The Balaban J connectivity index is 3.12. The zero-order valence-corrected chi connectivity index (χ0v) is 35.6. The second-order valence-corrected chi connectivity index (χ2v) is 14.3. The van der Waals surface area contributed by atoms with Crippen molar-refractivity contribution in [1.29, 1.82) is 0 Å². The van der Waals surface area contributed by atoms with Gasteiger partial charge in [-0.15, -0.1) is 0 Å². The molecule has 0 saturated carbocycles. The Bertz CT molecular complexity index is 684. The van der Waals surface area contributed by atoms with Crippen LogP contribution in [0.25, 0.3) is 0 Å². The molecular formula is C44H88O10. The van der Waals surface area contributed by atoms with Gasteiger partial charge in [-0.25, -0.2) is 0 Å². The summed E-state index contributed by atoms with van der Waals surface area (Å²) in [5, 5.41) is 0. The lowest BCUT2D eigenvalue weighted by atomic mass is 10.0. The predicted octanol–water partition coefficient (Wildman–Crippen LogP) is 10.1. The van der Waals surface area contributed by atoms with Crippen molar-refractivity contribution < 1.29 is 47.4 Å². The average Bonchev–Trinajstić information content (AvgIpc) is 3.18. The first kappa shape index (κ1) is 53.1. The third-order valence-electron chi connectivity index (χ3n) is 9.22. The Labute approximate surface area is 333 Å². The van der Waals surface area contributed by atoms with Gasteiger partial charge in [0.15, 0.2) is 0 Å². The molecule has 0 spiro atoms. The molecule has 0 unspecified atom stereocenters. The first-order chi connectivity index (χ1) is 26.8. The van der Waals surface area contributed by atoms with Crippen LogP contribution in [0, 0.1) is 0 Å². The van der Waals surface area contributed by atoms with E-state index in [1.54, 1.807) is 0 Å². The molecule has 0 bridgehead atoms. The van der Waals surface area contributed by atoms with E-state index in [1.165, 1.54) is 128 Å². The van der Waals surface area contributed by atoms with Gasteiger partial charge in [-0.2, -0.15) is 0 Å². The van der Waals surface area contributed by atoms with Crippen LogP contribution in [0.3, 0.4) is 0 Å². The van der Waals surface area contributed by atoms with E-state index in [2.05, 4.69) is 13.8 Å². The lowest BCUT2D eigenvalue weighted by molar-refractivity contribution is -0.145. The van der Waals surface area contributed by atoms with E-state index in [4.69, 9.17) is 42.6 Å². The van der Waals surface area contributed by atoms with Crippen molar-refractivity contribution in [1.82, 2.24) is 0 Å². The summed E-state index contributed by atoms with van der Waals surface area (Å²) in [6.45, 7) is 13.6. The summed E-state index contributed by atoms with van der Waals surface area (Å²) in [7, 11) is 0. The number of carbonyl (C=O) groups excluding carboxylic acids is 1. The number of unbranched alkanes of at least 4 members (excludes halogenated alkanes) is 21. The van der Waals surface area contributed by atoms with E-state index in [1.807, 2.05) is 0 Å².